The predicted molar refractivity (Wildman–Crippen MR) is 113 cm³/mol. The molecule has 0 atom stereocenters. The van der Waals surface area contributed by atoms with Gasteiger partial charge in [-0.2, -0.15) is 0 Å². The zero-order valence-electron chi connectivity index (χ0n) is 15.5. The van der Waals surface area contributed by atoms with E-state index in [2.05, 4.69) is 4.98 Å². The van der Waals surface area contributed by atoms with Gasteiger partial charge in [-0.1, -0.05) is 54.1 Å². The molecule has 4 aromatic rings. The molecule has 3 aromatic carbocycles. The number of benzene rings is 3. The SMILES string of the molecule is Cc1nc2ccc([N+](=O)[O-])cc2c(=O)n1Cc1ccc(-c2ccccc2Cl)cc1. The van der Waals surface area contributed by atoms with Crippen molar-refractivity contribution in [3.63, 3.8) is 0 Å². The van der Waals surface area contributed by atoms with Gasteiger partial charge in [0, 0.05) is 22.7 Å². The third-order valence-electron chi connectivity index (χ3n) is 4.82. The van der Waals surface area contributed by atoms with Crippen LogP contribution < -0.4 is 5.56 Å². The van der Waals surface area contributed by atoms with Crippen LogP contribution in [0.3, 0.4) is 0 Å². The average molecular weight is 406 g/mol. The van der Waals surface area contributed by atoms with Crippen molar-refractivity contribution in [3.05, 3.63) is 104 Å². The molecular formula is C22H16ClN3O3. The molecule has 0 aliphatic carbocycles. The lowest BCUT2D eigenvalue weighted by Crippen LogP contribution is -2.24. The first-order valence-corrected chi connectivity index (χ1v) is 9.31. The van der Waals surface area contributed by atoms with Gasteiger partial charge in [-0.25, -0.2) is 4.98 Å². The van der Waals surface area contributed by atoms with Crippen LogP contribution in [0.4, 0.5) is 5.69 Å². The average Bonchev–Trinajstić information content (AvgIpc) is 2.72. The highest BCUT2D eigenvalue weighted by Gasteiger charge is 2.13. The highest BCUT2D eigenvalue weighted by atomic mass is 35.5. The summed E-state index contributed by atoms with van der Waals surface area (Å²) in [5, 5.41) is 11.9. The molecule has 0 unspecified atom stereocenters. The van der Waals surface area contributed by atoms with Crippen LogP contribution in [0.15, 0.2) is 71.5 Å². The van der Waals surface area contributed by atoms with Gasteiger partial charge < -0.3 is 0 Å². The summed E-state index contributed by atoms with van der Waals surface area (Å²) in [6, 6.07) is 19.5. The van der Waals surface area contributed by atoms with Gasteiger partial charge in [0.1, 0.15) is 5.82 Å². The number of non-ortho nitro benzene ring substituents is 1. The van der Waals surface area contributed by atoms with E-state index in [9.17, 15) is 14.9 Å². The van der Waals surface area contributed by atoms with E-state index in [1.807, 2.05) is 48.5 Å². The molecule has 7 heteroatoms. The number of hydrogen-bond donors (Lipinski definition) is 0. The van der Waals surface area contributed by atoms with Crippen molar-refractivity contribution in [2.24, 2.45) is 0 Å². The number of nitrogens with zero attached hydrogens (tertiary/aromatic N) is 3. The number of fused-ring (bicyclic) bond motifs is 1. The largest absolute Gasteiger partial charge is 0.292 e. The number of hydrogen-bond acceptors (Lipinski definition) is 4. The van der Waals surface area contributed by atoms with Crippen LogP contribution in [0, 0.1) is 17.0 Å². The smallest absolute Gasteiger partial charge is 0.270 e. The van der Waals surface area contributed by atoms with Crippen molar-refractivity contribution in [3.8, 4) is 11.1 Å². The molecule has 1 heterocycles. The first-order chi connectivity index (χ1) is 13.9. The third kappa shape index (κ3) is 3.62. The molecule has 0 bridgehead atoms. The fourth-order valence-electron chi connectivity index (χ4n) is 3.29. The van der Waals surface area contributed by atoms with Crippen LogP contribution in [0.5, 0.6) is 0 Å². The molecule has 29 heavy (non-hydrogen) atoms. The number of nitro groups is 1. The summed E-state index contributed by atoms with van der Waals surface area (Å²) in [5.41, 5.74) is 2.85. The van der Waals surface area contributed by atoms with Crippen molar-refractivity contribution < 1.29 is 4.92 Å². The Morgan fingerprint density at radius 1 is 1.07 bits per heavy atom. The lowest BCUT2D eigenvalue weighted by Gasteiger charge is -2.12. The molecule has 6 nitrogen and oxygen atoms in total. The van der Waals surface area contributed by atoms with Crippen molar-refractivity contribution >= 4 is 28.2 Å². The Hall–Kier alpha value is -3.51. The summed E-state index contributed by atoms with van der Waals surface area (Å²) in [7, 11) is 0. The number of halogens is 1. The molecule has 1 aromatic heterocycles. The summed E-state index contributed by atoms with van der Waals surface area (Å²) in [5.74, 6) is 0.548. The van der Waals surface area contributed by atoms with Crippen LogP contribution in [-0.4, -0.2) is 14.5 Å². The Morgan fingerprint density at radius 3 is 2.48 bits per heavy atom. The molecule has 0 N–H and O–H groups in total. The predicted octanol–water partition coefficient (Wildman–Crippen LogP) is 4.98. The van der Waals surface area contributed by atoms with Gasteiger partial charge in [0.15, 0.2) is 0 Å². The van der Waals surface area contributed by atoms with E-state index in [1.165, 1.54) is 22.8 Å². The normalized spacial score (nSPS) is 11.0. The van der Waals surface area contributed by atoms with E-state index < -0.39 is 4.92 Å². The van der Waals surface area contributed by atoms with E-state index >= 15 is 0 Å². The topological polar surface area (TPSA) is 78.0 Å². The van der Waals surface area contributed by atoms with Gasteiger partial charge in [-0.05, 0) is 30.2 Å². The molecule has 0 amide bonds. The van der Waals surface area contributed by atoms with Crippen molar-refractivity contribution in [1.82, 2.24) is 9.55 Å². The highest BCUT2D eigenvalue weighted by Crippen LogP contribution is 2.27. The molecule has 0 aliphatic rings. The molecule has 144 valence electrons. The lowest BCUT2D eigenvalue weighted by molar-refractivity contribution is -0.384. The van der Waals surface area contributed by atoms with Gasteiger partial charge in [-0.3, -0.25) is 19.5 Å². The minimum atomic E-state index is -0.517. The number of rotatable bonds is 4. The fourth-order valence-corrected chi connectivity index (χ4v) is 3.53. The third-order valence-corrected chi connectivity index (χ3v) is 5.15. The van der Waals surface area contributed by atoms with E-state index in [4.69, 9.17) is 11.6 Å². The summed E-state index contributed by atoms with van der Waals surface area (Å²) in [6.45, 7) is 2.07. The maximum atomic E-state index is 12.9. The summed E-state index contributed by atoms with van der Waals surface area (Å²) in [6.07, 6.45) is 0. The minimum Gasteiger partial charge on any atom is -0.292 e. The second-order valence-corrected chi connectivity index (χ2v) is 7.09. The molecule has 4 rings (SSSR count). The fraction of sp³-hybridized carbons (Fsp3) is 0.0909. The molecule has 0 aliphatic heterocycles. The van der Waals surface area contributed by atoms with Gasteiger partial charge >= 0.3 is 0 Å². The Kier molecular flexibility index (Phi) is 4.86. The molecule has 0 spiro atoms. The number of nitro benzene ring substituents is 1. The molecular weight excluding hydrogens is 390 g/mol. The van der Waals surface area contributed by atoms with Crippen LogP contribution in [0.1, 0.15) is 11.4 Å². The summed E-state index contributed by atoms with van der Waals surface area (Å²) in [4.78, 5) is 27.9. The second kappa shape index (κ2) is 7.48. The zero-order chi connectivity index (χ0) is 20.5. The van der Waals surface area contributed by atoms with Gasteiger partial charge in [0.05, 0.1) is 22.4 Å². The van der Waals surface area contributed by atoms with Crippen LogP contribution in [-0.2, 0) is 6.54 Å². The van der Waals surface area contributed by atoms with Gasteiger partial charge in [0.25, 0.3) is 11.2 Å². The van der Waals surface area contributed by atoms with E-state index in [1.54, 1.807) is 6.92 Å². The Labute approximate surface area is 171 Å². The van der Waals surface area contributed by atoms with Crippen molar-refractivity contribution in [1.29, 1.82) is 0 Å². The first-order valence-electron chi connectivity index (χ1n) is 8.93. The maximum Gasteiger partial charge on any atom is 0.270 e. The zero-order valence-corrected chi connectivity index (χ0v) is 16.3. The second-order valence-electron chi connectivity index (χ2n) is 6.69. The number of aryl methyl sites for hydroxylation is 1. The molecule has 0 radical (unpaired) electrons. The van der Waals surface area contributed by atoms with Crippen molar-refractivity contribution in [2.45, 2.75) is 13.5 Å². The monoisotopic (exact) mass is 405 g/mol. The van der Waals surface area contributed by atoms with Crippen molar-refractivity contribution in [2.75, 3.05) is 0 Å². The van der Waals surface area contributed by atoms with Crippen LogP contribution >= 0.6 is 11.6 Å². The lowest BCUT2D eigenvalue weighted by atomic mass is 10.0. The van der Waals surface area contributed by atoms with Gasteiger partial charge in [-0.15, -0.1) is 0 Å². The summed E-state index contributed by atoms with van der Waals surface area (Å²) >= 11 is 6.26. The van der Waals surface area contributed by atoms with E-state index in [0.717, 1.165) is 16.7 Å². The standard InChI is InChI=1S/C22H16ClN3O3/c1-14-24-21-11-10-17(26(28)29)12-19(21)22(27)25(14)13-15-6-8-16(9-7-15)18-4-2-3-5-20(18)23/h2-12H,13H2,1H3. The quantitative estimate of drug-likeness (QED) is 0.354. The van der Waals surface area contributed by atoms with E-state index in [0.29, 0.717) is 22.9 Å². The Bertz CT molecular complexity index is 1300. The van der Waals surface area contributed by atoms with Crippen LogP contribution in [0.25, 0.3) is 22.0 Å². The van der Waals surface area contributed by atoms with Gasteiger partial charge in [0.2, 0.25) is 0 Å². The minimum absolute atomic E-state index is 0.129. The molecule has 0 saturated heterocycles. The maximum absolute atomic E-state index is 12.9. The number of aromatic nitrogens is 2. The molecule has 0 fully saturated rings. The van der Waals surface area contributed by atoms with Crippen LogP contribution in [0.2, 0.25) is 5.02 Å². The Morgan fingerprint density at radius 2 is 1.79 bits per heavy atom. The Balaban J connectivity index is 1.71. The first kappa shape index (κ1) is 18.8. The highest BCUT2D eigenvalue weighted by molar-refractivity contribution is 6.33. The van der Waals surface area contributed by atoms with E-state index in [-0.39, 0.29) is 16.6 Å². The molecule has 0 saturated carbocycles. The summed E-state index contributed by atoms with van der Waals surface area (Å²) < 4.78 is 1.52.